The highest BCUT2D eigenvalue weighted by atomic mass is 16.3. The zero-order valence-corrected chi connectivity index (χ0v) is 12.9. The molecule has 0 saturated carbocycles. The molecule has 0 aliphatic carbocycles. The van der Waals surface area contributed by atoms with Crippen LogP contribution in [0.5, 0.6) is 0 Å². The molecule has 23 heavy (non-hydrogen) atoms. The van der Waals surface area contributed by atoms with Crippen molar-refractivity contribution in [2.24, 2.45) is 0 Å². The summed E-state index contributed by atoms with van der Waals surface area (Å²) in [5.74, 6) is 0.938. The third-order valence-corrected chi connectivity index (χ3v) is 4.12. The SMILES string of the molecule is N#Cc1ccc(CNc2cccnc2N2CCC(O)CC2)cc1. The van der Waals surface area contributed by atoms with Gasteiger partial charge in [0.05, 0.1) is 23.4 Å². The Labute approximate surface area is 136 Å². The van der Waals surface area contributed by atoms with Crippen LogP contribution in [0.15, 0.2) is 42.6 Å². The molecule has 5 heteroatoms. The van der Waals surface area contributed by atoms with Gasteiger partial charge in [0.1, 0.15) is 0 Å². The third kappa shape index (κ3) is 3.79. The quantitative estimate of drug-likeness (QED) is 0.908. The standard InChI is InChI=1S/C18H20N4O/c19-12-14-3-5-15(6-4-14)13-21-17-2-1-9-20-18(17)22-10-7-16(23)8-11-22/h1-6,9,16,21,23H,7-8,10-11,13H2. The maximum Gasteiger partial charge on any atom is 0.151 e. The Balaban J connectivity index is 1.69. The van der Waals surface area contributed by atoms with Crippen molar-refractivity contribution in [3.63, 3.8) is 0 Å². The second-order valence-corrected chi connectivity index (χ2v) is 5.76. The van der Waals surface area contributed by atoms with Gasteiger partial charge in [0.2, 0.25) is 0 Å². The van der Waals surface area contributed by atoms with Crippen molar-refractivity contribution < 1.29 is 5.11 Å². The first-order valence-electron chi connectivity index (χ1n) is 7.87. The van der Waals surface area contributed by atoms with E-state index in [1.807, 2.05) is 36.4 Å². The molecule has 0 atom stereocenters. The minimum absolute atomic E-state index is 0.190. The molecule has 1 aliphatic rings. The van der Waals surface area contributed by atoms with Crippen molar-refractivity contribution in [3.8, 4) is 6.07 Å². The summed E-state index contributed by atoms with van der Waals surface area (Å²) in [5, 5.41) is 21.9. The first kappa shape index (κ1) is 15.3. The van der Waals surface area contributed by atoms with Crippen LogP contribution in [0.3, 0.4) is 0 Å². The predicted octanol–water partition coefficient (Wildman–Crippen LogP) is 2.53. The first-order valence-corrected chi connectivity index (χ1v) is 7.87. The summed E-state index contributed by atoms with van der Waals surface area (Å²) in [6.45, 7) is 2.33. The summed E-state index contributed by atoms with van der Waals surface area (Å²) >= 11 is 0. The predicted molar refractivity (Wildman–Crippen MR) is 90.2 cm³/mol. The zero-order valence-electron chi connectivity index (χ0n) is 12.9. The molecule has 0 bridgehead atoms. The van der Waals surface area contributed by atoms with Gasteiger partial charge in [0, 0.05) is 25.8 Å². The molecule has 0 radical (unpaired) electrons. The Morgan fingerprint density at radius 1 is 1.22 bits per heavy atom. The zero-order chi connectivity index (χ0) is 16.1. The summed E-state index contributed by atoms with van der Waals surface area (Å²) in [4.78, 5) is 6.72. The topological polar surface area (TPSA) is 72.2 Å². The first-order chi connectivity index (χ1) is 11.3. The van der Waals surface area contributed by atoms with Crippen LogP contribution in [0.2, 0.25) is 0 Å². The molecule has 1 aliphatic heterocycles. The lowest BCUT2D eigenvalue weighted by Crippen LogP contribution is -2.36. The van der Waals surface area contributed by atoms with Crippen molar-refractivity contribution in [1.29, 1.82) is 5.26 Å². The summed E-state index contributed by atoms with van der Waals surface area (Å²) in [5.41, 5.74) is 2.78. The fourth-order valence-electron chi connectivity index (χ4n) is 2.76. The van der Waals surface area contributed by atoms with Gasteiger partial charge in [-0.05, 0) is 42.7 Å². The Morgan fingerprint density at radius 2 is 1.96 bits per heavy atom. The van der Waals surface area contributed by atoms with Gasteiger partial charge < -0.3 is 15.3 Å². The van der Waals surface area contributed by atoms with Gasteiger partial charge in [-0.3, -0.25) is 0 Å². The monoisotopic (exact) mass is 308 g/mol. The molecule has 0 spiro atoms. The second-order valence-electron chi connectivity index (χ2n) is 5.76. The van der Waals surface area contributed by atoms with Crippen LogP contribution in [-0.2, 0) is 6.54 Å². The minimum Gasteiger partial charge on any atom is -0.393 e. The van der Waals surface area contributed by atoms with E-state index >= 15 is 0 Å². The minimum atomic E-state index is -0.190. The summed E-state index contributed by atoms with van der Waals surface area (Å²) in [6.07, 6.45) is 3.18. The Morgan fingerprint density at radius 3 is 2.65 bits per heavy atom. The summed E-state index contributed by atoms with van der Waals surface area (Å²) in [6, 6.07) is 13.6. The van der Waals surface area contributed by atoms with Crippen LogP contribution in [0.4, 0.5) is 11.5 Å². The number of nitrogens with one attached hydrogen (secondary N) is 1. The van der Waals surface area contributed by atoms with E-state index in [4.69, 9.17) is 5.26 Å². The number of aliphatic hydroxyl groups excluding tert-OH is 1. The lowest BCUT2D eigenvalue weighted by molar-refractivity contribution is 0.145. The number of pyridine rings is 1. The van der Waals surface area contributed by atoms with E-state index < -0.39 is 0 Å². The molecule has 2 aromatic rings. The van der Waals surface area contributed by atoms with Gasteiger partial charge in [0.15, 0.2) is 5.82 Å². The number of anilines is 2. The van der Waals surface area contributed by atoms with Gasteiger partial charge in [0.25, 0.3) is 0 Å². The highest BCUT2D eigenvalue weighted by molar-refractivity contribution is 5.65. The van der Waals surface area contributed by atoms with E-state index in [-0.39, 0.29) is 6.10 Å². The number of piperidine rings is 1. The average Bonchev–Trinajstić information content (AvgIpc) is 2.61. The molecular weight excluding hydrogens is 288 g/mol. The number of rotatable bonds is 4. The van der Waals surface area contributed by atoms with Gasteiger partial charge in [-0.2, -0.15) is 5.26 Å². The molecule has 2 N–H and O–H groups in total. The molecule has 1 fully saturated rings. The van der Waals surface area contributed by atoms with Gasteiger partial charge in [-0.25, -0.2) is 4.98 Å². The molecule has 3 rings (SSSR count). The van der Waals surface area contributed by atoms with E-state index in [0.29, 0.717) is 12.1 Å². The fraction of sp³-hybridized carbons (Fsp3) is 0.333. The lowest BCUT2D eigenvalue weighted by atomic mass is 10.1. The molecule has 1 aromatic heterocycles. The smallest absolute Gasteiger partial charge is 0.151 e. The van der Waals surface area contributed by atoms with E-state index in [2.05, 4.69) is 21.3 Å². The van der Waals surface area contributed by atoms with Crippen molar-refractivity contribution in [1.82, 2.24) is 4.98 Å². The molecule has 1 aromatic carbocycles. The number of hydrogen-bond donors (Lipinski definition) is 2. The normalized spacial score (nSPS) is 15.2. The van der Waals surface area contributed by atoms with E-state index in [1.54, 1.807) is 6.20 Å². The lowest BCUT2D eigenvalue weighted by Gasteiger charge is -2.31. The molecule has 0 amide bonds. The fourth-order valence-corrected chi connectivity index (χ4v) is 2.76. The maximum atomic E-state index is 9.65. The Bertz CT molecular complexity index is 685. The highest BCUT2D eigenvalue weighted by Gasteiger charge is 2.20. The van der Waals surface area contributed by atoms with E-state index in [9.17, 15) is 5.11 Å². The number of aliphatic hydroxyl groups is 1. The highest BCUT2D eigenvalue weighted by Crippen LogP contribution is 2.26. The second kappa shape index (κ2) is 7.12. The Hall–Kier alpha value is -2.58. The maximum absolute atomic E-state index is 9.65. The van der Waals surface area contributed by atoms with Crippen LogP contribution in [0.1, 0.15) is 24.0 Å². The Kier molecular flexibility index (Phi) is 4.74. The number of nitriles is 1. The molecule has 118 valence electrons. The molecule has 2 heterocycles. The number of nitrogens with zero attached hydrogens (tertiary/aromatic N) is 3. The molecule has 0 unspecified atom stereocenters. The number of hydrogen-bond acceptors (Lipinski definition) is 5. The summed E-state index contributed by atoms with van der Waals surface area (Å²) in [7, 11) is 0. The van der Waals surface area contributed by atoms with Crippen LogP contribution in [0, 0.1) is 11.3 Å². The van der Waals surface area contributed by atoms with Crippen molar-refractivity contribution >= 4 is 11.5 Å². The third-order valence-electron chi connectivity index (χ3n) is 4.12. The van der Waals surface area contributed by atoms with Crippen LogP contribution < -0.4 is 10.2 Å². The van der Waals surface area contributed by atoms with Crippen molar-refractivity contribution in [2.75, 3.05) is 23.3 Å². The van der Waals surface area contributed by atoms with Crippen LogP contribution >= 0.6 is 0 Å². The van der Waals surface area contributed by atoms with E-state index in [1.165, 1.54) is 0 Å². The van der Waals surface area contributed by atoms with Gasteiger partial charge in [-0.1, -0.05) is 12.1 Å². The summed E-state index contributed by atoms with van der Waals surface area (Å²) < 4.78 is 0. The van der Waals surface area contributed by atoms with Gasteiger partial charge >= 0.3 is 0 Å². The molecule has 1 saturated heterocycles. The van der Waals surface area contributed by atoms with E-state index in [0.717, 1.165) is 43.0 Å². The van der Waals surface area contributed by atoms with Crippen molar-refractivity contribution in [3.05, 3.63) is 53.7 Å². The number of aromatic nitrogens is 1. The van der Waals surface area contributed by atoms with Crippen LogP contribution in [0.25, 0.3) is 0 Å². The average molecular weight is 308 g/mol. The molecular formula is C18H20N4O. The molecule has 5 nitrogen and oxygen atoms in total. The van der Waals surface area contributed by atoms with Crippen molar-refractivity contribution in [2.45, 2.75) is 25.5 Å². The van der Waals surface area contributed by atoms with Gasteiger partial charge in [-0.15, -0.1) is 0 Å². The number of benzene rings is 1. The van der Waals surface area contributed by atoms with Crippen LogP contribution in [-0.4, -0.2) is 29.3 Å². The largest absolute Gasteiger partial charge is 0.393 e.